The predicted molar refractivity (Wildman–Crippen MR) is 102 cm³/mol. The quantitative estimate of drug-likeness (QED) is 0.886. The van der Waals surface area contributed by atoms with Crippen molar-refractivity contribution in [2.45, 2.75) is 26.2 Å². The molecule has 0 aliphatic carbocycles. The van der Waals surface area contributed by atoms with Gasteiger partial charge in [-0.1, -0.05) is 6.07 Å². The second-order valence-corrected chi connectivity index (χ2v) is 6.35. The van der Waals surface area contributed by atoms with E-state index in [9.17, 15) is 9.59 Å². The van der Waals surface area contributed by atoms with Gasteiger partial charge in [-0.3, -0.25) is 9.59 Å². The normalized spacial score (nSPS) is 14.0. The summed E-state index contributed by atoms with van der Waals surface area (Å²) in [4.78, 5) is 27.0. The largest absolute Gasteiger partial charge is 0.494 e. The topological polar surface area (TPSA) is 58.6 Å². The van der Waals surface area contributed by atoms with Crippen molar-refractivity contribution in [2.75, 3.05) is 25.0 Å². The molecule has 1 N–H and O–H groups in total. The number of nitrogens with one attached hydrogen (secondary N) is 1. The molecule has 2 amide bonds. The van der Waals surface area contributed by atoms with Crippen LogP contribution in [-0.2, 0) is 0 Å². The molecule has 1 aliphatic rings. The van der Waals surface area contributed by atoms with Crippen molar-refractivity contribution in [3.05, 3.63) is 59.7 Å². The summed E-state index contributed by atoms with van der Waals surface area (Å²) in [7, 11) is 0. The number of likely N-dealkylation sites (tertiary alicyclic amines) is 1. The smallest absolute Gasteiger partial charge is 0.255 e. The standard InChI is InChI=1S/C21H24N2O3/c1-2-26-19-11-9-18(10-12-19)22-20(24)16-7-6-8-17(15-16)21(25)23-13-4-3-5-14-23/h6-12,15H,2-5,13-14H2,1H3,(H,22,24). The number of amides is 2. The Kier molecular flexibility index (Phi) is 5.89. The number of hydrogen-bond donors (Lipinski definition) is 1. The van der Waals surface area contributed by atoms with Crippen LogP contribution in [0, 0.1) is 0 Å². The lowest BCUT2D eigenvalue weighted by Crippen LogP contribution is -2.35. The molecule has 2 aromatic rings. The highest BCUT2D eigenvalue weighted by atomic mass is 16.5. The first-order valence-corrected chi connectivity index (χ1v) is 9.11. The van der Waals surface area contributed by atoms with Crippen LogP contribution in [0.1, 0.15) is 46.9 Å². The molecule has 5 heteroatoms. The van der Waals surface area contributed by atoms with Crippen LogP contribution in [0.4, 0.5) is 5.69 Å². The fraction of sp³-hybridized carbons (Fsp3) is 0.333. The van der Waals surface area contributed by atoms with E-state index in [4.69, 9.17) is 4.74 Å². The van der Waals surface area contributed by atoms with Crippen LogP contribution >= 0.6 is 0 Å². The fourth-order valence-electron chi connectivity index (χ4n) is 3.08. The molecule has 5 nitrogen and oxygen atoms in total. The average molecular weight is 352 g/mol. The number of nitrogens with zero attached hydrogens (tertiary/aromatic N) is 1. The van der Waals surface area contributed by atoms with Gasteiger partial charge in [0, 0.05) is 29.9 Å². The average Bonchev–Trinajstić information content (AvgIpc) is 2.70. The van der Waals surface area contributed by atoms with E-state index in [1.165, 1.54) is 6.42 Å². The molecule has 136 valence electrons. The lowest BCUT2D eigenvalue weighted by Gasteiger charge is -2.26. The van der Waals surface area contributed by atoms with Crippen molar-refractivity contribution in [1.29, 1.82) is 0 Å². The van der Waals surface area contributed by atoms with Gasteiger partial charge in [0.05, 0.1) is 6.61 Å². The third kappa shape index (κ3) is 4.42. The first-order chi connectivity index (χ1) is 12.7. The Balaban J connectivity index is 1.68. The Hall–Kier alpha value is -2.82. The maximum absolute atomic E-state index is 12.6. The minimum atomic E-state index is -0.234. The lowest BCUT2D eigenvalue weighted by molar-refractivity contribution is 0.0724. The summed E-state index contributed by atoms with van der Waals surface area (Å²) in [5.74, 6) is 0.530. The van der Waals surface area contributed by atoms with E-state index in [-0.39, 0.29) is 11.8 Å². The summed E-state index contributed by atoms with van der Waals surface area (Å²) in [6, 6.07) is 14.1. The molecule has 1 heterocycles. The first kappa shape index (κ1) is 18.0. The molecule has 0 bridgehead atoms. The van der Waals surface area contributed by atoms with E-state index in [1.807, 2.05) is 24.0 Å². The SMILES string of the molecule is CCOc1ccc(NC(=O)c2cccc(C(=O)N3CCCCC3)c2)cc1. The van der Waals surface area contributed by atoms with Crippen molar-refractivity contribution in [2.24, 2.45) is 0 Å². The maximum Gasteiger partial charge on any atom is 0.255 e. The number of carbonyl (C=O) groups is 2. The molecule has 0 atom stereocenters. The Bertz CT molecular complexity index is 765. The van der Waals surface area contributed by atoms with E-state index in [0.717, 1.165) is 31.7 Å². The van der Waals surface area contributed by atoms with Gasteiger partial charge in [0.25, 0.3) is 11.8 Å². The van der Waals surface area contributed by atoms with Crippen LogP contribution in [0.15, 0.2) is 48.5 Å². The van der Waals surface area contributed by atoms with Gasteiger partial charge in [-0.05, 0) is 68.7 Å². The molecule has 0 saturated carbocycles. The maximum atomic E-state index is 12.6. The molecule has 26 heavy (non-hydrogen) atoms. The Morgan fingerprint density at radius 2 is 1.69 bits per heavy atom. The van der Waals surface area contributed by atoms with E-state index < -0.39 is 0 Å². The van der Waals surface area contributed by atoms with Gasteiger partial charge in [-0.15, -0.1) is 0 Å². The summed E-state index contributed by atoms with van der Waals surface area (Å²) in [6.45, 7) is 4.11. The van der Waals surface area contributed by atoms with Crippen LogP contribution in [-0.4, -0.2) is 36.4 Å². The predicted octanol–water partition coefficient (Wildman–Crippen LogP) is 3.96. The van der Waals surface area contributed by atoms with Crippen molar-refractivity contribution < 1.29 is 14.3 Å². The fourth-order valence-corrected chi connectivity index (χ4v) is 3.08. The number of anilines is 1. The Labute approximate surface area is 154 Å². The van der Waals surface area contributed by atoms with Crippen molar-refractivity contribution in [3.8, 4) is 5.75 Å². The molecule has 0 aromatic heterocycles. The molecule has 3 rings (SSSR count). The van der Waals surface area contributed by atoms with E-state index in [1.54, 1.807) is 36.4 Å². The number of ether oxygens (including phenoxy) is 1. The second-order valence-electron chi connectivity index (χ2n) is 6.35. The van der Waals surface area contributed by atoms with Crippen LogP contribution in [0.2, 0.25) is 0 Å². The first-order valence-electron chi connectivity index (χ1n) is 9.11. The number of rotatable bonds is 5. The third-order valence-electron chi connectivity index (χ3n) is 4.44. The van der Waals surface area contributed by atoms with Crippen molar-refractivity contribution >= 4 is 17.5 Å². The van der Waals surface area contributed by atoms with Gasteiger partial charge in [0.2, 0.25) is 0 Å². The number of benzene rings is 2. The zero-order valence-corrected chi connectivity index (χ0v) is 15.0. The number of piperidine rings is 1. The molecule has 1 saturated heterocycles. The minimum absolute atomic E-state index is 0.000386. The van der Waals surface area contributed by atoms with Gasteiger partial charge < -0.3 is 15.0 Å². The van der Waals surface area contributed by atoms with Crippen LogP contribution in [0.3, 0.4) is 0 Å². The second kappa shape index (κ2) is 8.52. The van der Waals surface area contributed by atoms with Crippen LogP contribution in [0.25, 0.3) is 0 Å². The molecular formula is C21H24N2O3. The molecule has 0 radical (unpaired) electrons. The number of hydrogen-bond acceptors (Lipinski definition) is 3. The minimum Gasteiger partial charge on any atom is -0.494 e. The molecule has 0 spiro atoms. The van der Waals surface area contributed by atoms with Crippen LogP contribution in [0.5, 0.6) is 5.75 Å². The van der Waals surface area contributed by atoms with Gasteiger partial charge in [-0.2, -0.15) is 0 Å². The Morgan fingerprint density at radius 1 is 1.00 bits per heavy atom. The van der Waals surface area contributed by atoms with E-state index in [0.29, 0.717) is 23.4 Å². The Morgan fingerprint density at radius 3 is 2.38 bits per heavy atom. The zero-order chi connectivity index (χ0) is 18.4. The van der Waals surface area contributed by atoms with Gasteiger partial charge >= 0.3 is 0 Å². The number of carbonyl (C=O) groups excluding carboxylic acids is 2. The summed E-state index contributed by atoms with van der Waals surface area (Å²) in [5.41, 5.74) is 1.72. The molecular weight excluding hydrogens is 328 g/mol. The molecule has 1 fully saturated rings. The lowest BCUT2D eigenvalue weighted by atomic mass is 10.1. The highest BCUT2D eigenvalue weighted by molar-refractivity contribution is 6.06. The summed E-state index contributed by atoms with van der Waals surface area (Å²) in [5, 5.41) is 2.85. The molecule has 0 unspecified atom stereocenters. The van der Waals surface area contributed by atoms with Gasteiger partial charge in [0.15, 0.2) is 0 Å². The highest BCUT2D eigenvalue weighted by Gasteiger charge is 2.19. The zero-order valence-electron chi connectivity index (χ0n) is 15.0. The molecule has 2 aromatic carbocycles. The monoisotopic (exact) mass is 352 g/mol. The highest BCUT2D eigenvalue weighted by Crippen LogP contribution is 2.18. The van der Waals surface area contributed by atoms with Crippen molar-refractivity contribution in [3.63, 3.8) is 0 Å². The van der Waals surface area contributed by atoms with Crippen molar-refractivity contribution in [1.82, 2.24) is 4.90 Å². The van der Waals surface area contributed by atoms with Crippen LogP contribution < -0.4 is 10.1 Å². The summed E-state index contributed by atoms with van der Waals surface area (Å²) in [6.07, 6.45) is 3.27. The van der Waals surface area contributed by atoms with Gasteiger partial charge in [0.1, 0.15) is 5.75 Å². The summed E-state index contributed by atoms with van der Waals surface area (Å²) < 4.78 is 5.40. The summed E-state index contributed by atoms with van der Waals surface area (Å²) >= 11 is 0. The molecule has 1 aliphatic heterocycles. The van der Waals surface area contributed by atoms with Gasteiger partial charge in [-0.25, -0.2) is 0 Å². The van der Waals surface area contributed by atoms with E-state index >= 15 is 0 Å². The van der Waals surface area contributed by atoms with E-state index in [2.05, 4.69) is 5.32 Å². The third-order valence-corrected chi connectivity index (χ3v) is 4.44.